The first-order chi connectivity index (χ1) is 12.3. The lowest BCUT2D eigenvalue weighted by Gasteiger charge is -2.00. The third kappa shape index (κ3) is 3.72. The molecule has 0 atom stereocenters. The number of tetrazole rings is 1. The molecule has 3 heterocycles. The molecule has 1 aromatic carbocycles. The number of benzene rings is 1. The highest BCUT2D eigenvalue weighted by molar-refractivity contribution is 7.98. The molecular weight excluding hydrogens is 364 g/mol. The van der Waals surface area contributed by atoms with E-state index in [-0.39, 0.29) is 0 Å². The van der Waals surface area contributed by atoms with E-state index in [1.807, 2.05) is 24.3 Å². The van der Waals surface area contributed by atoms with E-state index < -0.39 is 0 Å². The van der Waals surface area contributed by atoms with Gasteiger partial charge in [-0.3, -0.25) is 0 Å². The minimum absolute atomic E-state index is 0.447. The normalized spacial score (nSPS) is 11.1. The predicted molar refractivity (Wildman–Crippen MR) is 89.9 cm³/mol. The highest BCUT2D eigenvalue weighted by Crippen LogP contribution is 2.24. The number of hydrogen-bond donors (Lipinski definition) is 0. The van der Waals surface area contributed by atoms with E-state index >= 15 is 0 Å². The van der Waals surface area contributed by atoms with Crippen molar-refractivity contribution in [3.8, 4) is 11.5 Å². The molecule has 10 heteroatoms. The largest absolute Gasteiger partial charge is 0.467 e. The molecule has 0 bridgehead atoms. The average molecular weight is 375 g/mol. The van der Waals surface area contributed by atoms with Crippen molar-refractivity contribution in [3.05, 3.63) is 59.3 Å². The van der Waals surface area contributed by atoms with Gasteiger partial charge in [0.2, 0.25) is 16.9 Å². The molecule has 0 aliphatic rings. The second-order valence-corrected chi connectivity index (χ2v) is 6.37. The van der Waals surface area contributed by atoms with Crippen LogP contribution in [0.15, 0.2) is 56.7 Å². The zero-order valence-corrected chi connectivity index (χ0v) is 14.3. The first-order valence-corrected chi connectivity index (χ1v) is 8.64. The number of nitrogens with zero attached hydrogens (tertiary/aromatic N) is 6. The van der Waals surface area contributed by atoms with Crippen molar-refractivity contribution < 1.29 is 8.83 Å². The molecule has 0 saturated heterocycles. The van der Waals surface area contributed by atoms with E-state index in [0.717, 1.165) is 11.3 Å². The molecule has 0 unspecified atom stereocenters. The number of aromatic nitrogens is 6. The predicted octanol–water partition coefficient (Wildman–Crippen LogP) is 3.31. The van der Waals surface area contributed by atoms with E-state index in [2.05, 4.69) is 25.7 Å². The zero-order valence-electron chi connectivity index (χ0n) is 12.7. The Bertz CT molecular complexity index is 951. The van der Waals surface area contributed by atoms with Crippen molar-refractivity contribution in [1.29, 1.82) is 0 Å². The first-order valence-electron chi connectivity index (χ1n) is 7.27. The molecule has 0 radical (unpaired) electrons. The van der Waals surface area contributed by atoms with Crippen molar-refractivity contribution in [2.24, 2.45) is 0 Å². The van der Waals surface area contributed by atoms with Gasteiger partial charge in [-0.2, -0.15) is 0 Å². The number of rotatable bonds is 6. The maximum atomic E-state index is 5.88. The van der Waals surface area contributed by atoms with Gasteiger partial charge in [0.1, 0.15) is 12.3 Å². The van der Waals surface area contributed by atoms with Gasteiger partial charge in [-0.25, -0.2) is 4.68 Å². The Morgan fingerprint density at radius 1 is 1.08 bits per heavy atom. The van der Waals surface area contributed by atoms with Crippen LogP contribution in [0.2, 0.25) is 5.02 Å². The van der Waals surface area contributed by atoms with Crippen LogP contribution in [0.5, 0.6) is 0 Å². The monoisotopic (exact) mass is 374 g/mol. The standard InChI is InChI=1S/C15H11ClN6O2S/c16-11-5-3-10(4-6-11)14-18-17-13(24-14)9-25-15-19-20-21-22(15)8-12-2-1-7-23-12/h1-7H,8-9H2. The first kappa shape index (κ1) is 15.9. The van der Waals surface area contributed by atoms with Crippen LogP contribution in [-0.2, 0) is 12.3 Å². The molecule has 126 valence electrons. The van der Waals surface area contributed by atoms with Crippen LogP contribution < -0.4 is 0 Å². The van der Waals surface area contributed by atoms with Gasteiger partial charge in [-0.15, -0.1) is 15.3 Å². The second-order valence-electron chi connectivity index (χ2n) is 4.99. The Morgan fingerprint density at radius 2 is 1.96 bits per heavy atom. The van der Waals surface area contributed by atoms with E-state index in [0.29, 0.717) is 34.3 Å². The van der Waals surface area contributed by atoms with Crippen LogP contribution in [0.25, 0.3) is 11.5 Å². The van der Waals surface area contributed by atoms with Crippen LogP contribution in [0, 0.1) is 0 Å². The van der Waals surface area contributed by atoms with Crippen LogP contribution in [-0.4, -0.2) is 30.4 Å². The van der Waals surface area contributed by atoms with E-state index in [1.54, 1.807) is 23.1 Å². The molecule has 25 heavy (non-hydrogen) atoms. The van der Waals surface area contributed by atoms with Gasteiger partial charge < -0.3 is 8.83 Å². The van der Waals surface area contributed by atoms with Gasteiger partial charge in [-0.1, -0.05) is 23.4 Å². The van der Waals surface area contributed by atoms with Crippen LogP contribution in [0.1, 0.15) is 11.7 Å². The number of thioether (sulfide) groups is 1. The van der Waals surface area contributed by atoms with Gasteiger partial charge in [0, 0.05) is 10.6 Å². The maximum Gasteiger partial charge on any atom is 0.247 e. The van der Waals surface area contributed by atoms with Gasteiger partial charge in [0.05, 0.1) is 12.0 Å². The maximum absolute atomic E-state index is 5.88. The highest BCUT2D eigenvalue weighted by atomic mass is 35.5. The summed E-state index contributed by atoms with van der Waals surface area (Å²) >= 11 is 7.29. The Balaban J connectivity index is 1.42. The lowest BCUT2D eigenvalue weighted by molar-refractivity contribution is 0.462. The van der Waals surface area contributed by atoms with Gasteiger partial charge in [-0.05, 0) is 46.8 Å². The zero-order chi connectivity index (χ0) is 17.1. The summed E-state index contributed by atoms with van der Waals surface area (Å²) in [5, 5.41) is 21.1. The van der Waals surface area contributed by atoms with Crippen LogP contribution in [0.3, 0.4) is 0 Å². The minimum Gasteiger partial charge on any atom is -0.467 e. The molecule has 0 N–H and O–H groups in total. The Hall–Kier alpha value is -2.65. The van der Waals surface area contributed by atoms with E-state index in [1.165, 1.54) is 11.8 Å². The summed E-state index contributed by atoms with van der Waals surface area (Å²) in [6, 6.07) is 10.9. The molecule has 8 nitrogen and oxygen atoms in total. The molecule has 4 rings (SSSR count). The Morgan fingerprint density at radius 3 is 2.76 bits per heavy atom. The molecule has 4 aromatic rings. The Kier molecular flexibility index (Phi) is 4.49. The summed E-state index contributed by atoms with van der Waals surface area (Å²) in [7, 11) is 0. The fourth-order valence-electron chi connectivity index (χ4n) is 2.10. The average Bonchev–Trinajstić information content (AvgIpc) is 3.36. The third-order valence-corrected chi connectivity index (χ3v) is 4.46. The Labute approximate surface area is 151 Å². The highest BCUT2D eigenvalue weighted by Gasteiger charge is 2.13. The fraction of sp³-hybridized carbons (Fsp3) is 0.133. The SMILES string of the molecule is Clc1ccc(-c2nnc(CSc3nnnn3Cc3ccco3)o2)cc1. The van der Waals surface area contributed by atoms with Crippen molar-refractivity contribution in [3.63, 3.8) is 0 Å². The molecule has 0 fully saturated rings. The number of furan rings is 1. The van der Waals surface area contributed by atoms with Crippen molar-refractivity contribution in [2.45, 2.75) is 17.5 Å². The van der Waals surface area contributed by atoms with Crippen molar-refractivity contribution >= 4 is 23.4 Å². The quantitative estimate of drug-likeness (QED) is 0.474. The number of halogens is 1. The molecule has 0 aliphatic heterocycles. The molecule has 3 aromatic heterocycles. The topological polar surface area (TPSA) is 95.7 Å². The van der Waals surface area contributed by atoms with Crippen LogP contribution >= 0.6 is 23.4 Å². The molecular formula is C15H11ClN6O2S. The molecule has 0 aliphatic carbocycles. The summed E-state index contributed by atoms with van der Waals surface area (Å²) in [4.78, 5) is 0. The lowest BCUT2D eigenvalue weighted by atomic mass is 10.2. The number of hydrogen-bond acceptors (Lipinski definition) is 8. The van der Waals surface area contributed by atoms with Crippen molar-refractivity contribution in [2.75, 3.05) is 0 Å². The van der Waals surface area contributed by atoms with E-state index in [4.69, 9.17) is 20.4 Å². The van der Waals surface area contributed by atoms with Gasteiger partial charge in [0.15, 0.2) is 0 Å². The lowest BCUT2D eigenvalue weighted by Crippen LogP contribution is -2.03. The fourth-order valence-corrected chi connectivity index (χ4v) is 2.94. The molecule has 0 saturated carbocycles. The minimum atomic E-state index is 0.447. The summed E-state index contributed by atoms with van der Waals surface area (Å²) in [6.45, 7) is 0.461. The molecule has 0 spiro atoms. The summed E-state index contributed by atoms with van der Waals surface area (Å²) in [5.74, 6) is 2.17. The van der Waals surface area contributed by atoms with Gasteiger partial charge in [0.25, 0.3) is 0 Å². The molecule has 0 amide bonds. The summed E-state index contributed by atoms with van der Waals surface area (Å²) in [6.07, 6.45) is 1.61. The summed E-state index contributed by atoms with van der Waals surface area (Å²) in [5.41, 5.74) is 0.816. The third-order valence-electron chi connectivity index (χ3n) is 3.27. The second kappa shape index (κ2) is 7.08. The smallest absolute Gasteiger partial charge is 0.247 e. The van der Waals surface area contributed by atoms with Gasteiger partial charge >= 0.3 is 0 Å². The van der Waals surface area contributed by atoms with Crippen LogP contribution in [0.4, 0.5) is 0 Å². The van der Waals surface area contributed by atoms with Crippen molar-refractivity contribution in [1.82, 2.24) is 30.4 Å². The van der Waals surface area contributed by atoms with E-state index in [9.17, 15) is 0 Å². The summed E-state index contributed by atoms with van der Waals surface area (Å²) < 4.78 is 12.6.